The van der Waals surface area contributed by atoms with Crippen molar-refractivity contribution < 1.29 is 22.7 Å². The summed E-state index contributed by atoms with van der Waals surface area (Å²) in [4.78, 5) is 26.2. The number of benzene rings is 1. The lowest BCUT2D eigenvalue weighted by atomic mass is 9.94. The third-order valence-corrected chi connectivity index (χ3v) is 7.63. The Balaban J connectivity index is 1.67. The van der Waals surface area contributed by atoms with E-state index in [1.165, 1.54) is 35.7 Å². The van der Waals surface area contributed by atoms with E-state index in [4.69, 9.17) is 0 Å². The van der Waals surface area contributed by atoms with Crippen LogP contribution in [0.2, 0.25) is 0 Å². The second-order valence-corrected chi connectivity index (χ2v) is 9.79. The number of sulfonamides is 1. The minimum atomic E-state index is -3.70. The number of hydrogen-bond donors (Lipinski definition) is 1. The Bertz CT molecular complexity index is 832. The molecule has 3 rings (SSSR count). The molecule has 0 spiro atoms. The van der Waals surface area contributed by atoms with Gasteiger partial charge in [0.2, 0.25) is 15.9 Å². The van der Waals surface area contributed by atoms with Gasteiger partial charge in [-0.25, -0.2) is 13.2 Å². The van der Waals surface area contributed by atoms with Gasteiger partial charge in [-0.05, 0) is 55.9 Å². The van der Waals surface area contributed by atoms with E-state index in [1.54, 1.807) is 0 Å². The van der Waals surface area contributed by atoms with Crippen molar-refractivity contribution in [1.29, 1.82) is 0 Å². The first kappa shape index (κ1) is 21.6. The zero-order valence-electron chi connectivity index (χ0n) is 17.0. The van der Waals surface area contributed by atoms with Crippen LogP contribution in [0.15, 0.2) is 29.2 Å². The first-order valence-corrected chi connectivity index (χ1v) is 11.5. The van der Waals surface area contributed by atoms with Crippen LogP contribution in [0, 0.1) is 11.8 Å². The van der Waals surface area contributed by atoms with Crippen molar-refractivity contribution in [3.8, 4) is 0 Å². The molecule has 2 heterocycles. The molecule has 2 aliphatic heterocycles. The fourth-order valence-corrected chi connectivity index (χ4v) is 5.40. The van der Waals surface area contributed by atoms with Crippen LogP contribution in [0.5, 0.6) is 0 Å². The van der Waals surface area contributed by atoms with Crippen molar-refractivity contribution >= 4 is 27.7 Å². The van der Waals surface area contributed by atoms with Gasteiger partial charge in [-0.2, -0.15) is 4.31 Å². The van der Waals surface area contributed by atoms with Crippen molar-refractivity contribution in [1.82, 2.24) is 9.21 Å². The van der Waals surface area contributed by atoms with E-state index < -0.39 is 16.1 Å². The van der Waals surface area contributed by atoms with Gasteiger partial charge >= 0.3 is 6.09 Å². The van der Waals surface area contributed by atoms with Gasteiger partial charge < -0.3 is 9.64 Å². The highest BCUT2D eigenvalue weighted by Gasteiger charge is 2.35. The van der Waals surface area contributed by atoms with Crippen LogP contribution in [0.4, 0.5) is 10.5 Å². The molecule has 1 aromatic carbocycles. The number of anilines is 1. The Labute approximate surface area is 172 Å². The Morgan fingerprint density at radius 3 is 2.34 bits per heavy atom. The lowest BCUT2D eigenvalue weighted by Gasteiger charge is -2.36. The van der Waals surface area contributed by atoms with Gasteiger partial charge in [0, 0.05) is 31.9 Å². The molecule has 2 fully saturated rings. The third-order valence-electron chi connectivity index (χ3n) is 5.75. The standard InChI is InChI=1S/C20H29N3O5S/c1-15-9-12-22(13-10-15)19(24)16-4-3-11-23(14-16)29(26,27)18-7-5-17(6-8-18)21-20(25)28-2/h5-8,15-16H,3-4,9-14H2,1-2H3,(H,21,25)/t16-/m1/s1. The van der Waals surface area contributed by atoms with Crippen LogP contribution >= 0.6 is 0 Å². The van der Waals surface area contributed by atoms with E-state index in [0.29, 0.717) is 24.6 Å². The zero-order chi connectivity index (χ0) is 21.0. The maximum Gasteiger partial charge on any atom is 0.411 e. The summed E-state index contributed by atoms with van der Waals surface area (Å²) in [5, 5.41) is 2.49. The van der Waals surface area contributed by atoms with Gasteiger partial charge in [-0.1, -0.05) is 6.92 Å². The van der Waals surface area contributed by atoms with E-state index in [9.17, 15) is 18.0 Å². The molecule has 0 radical (unpaired) electrons. The van der Waals surface area contributed by atoms with E-state index in [2.05, 4.69) is 17.0 Å². The largest absolute Gasteiger partial charge is 0.453 e. The monoisotopic (exact) mass is 423 g/mol. The van der Waals surface area contributed by atoms with Crippen LogP contribution in [0.25, 0.3) is 0 Å². The number of nitrogens with one attached hydrogen (secondary N) is 1. The summed E-state index contributed by atoms with van der Waals surface area (Å²) in [6.45, 7) is 4.35. The van der Waals surface area contributed by atoms with Gasteiger partial charge in [-0.3, -0.25) is 10.1 Å². The molecular formula is C20H29N3O5S. The number of likely N-dealkylation sites (tertiary alicyclic amines) is 1. The molecule has 29 heavy (non-hydrogen) atoms. The van der Waals surface area contributed by atoms with Gasteiger partial charge in [0.25, 0.3) is 0 Å². The molecule has 0 saturated carbocycles. The molecule has 0 aliphatic carbocycles. The molecule has 1 atom stereocenters. The number of ether oxygens (including phenoxy) is 1. The lowest BCUT2D eigenvalue weighted by Crippen LogP contribution is -2.48. The van der Waals surface area contributed by atoms with Crippen LogP contribution < -0.4 is 5.32 Å². The summed E-state index contributed by atoms with van der Waals surface area (Å²) in [7, 11) is -2.44. The molecule has 1 aromatic rings. The van der Waals surface area contributed by atoms with Crippen molar-refractivity contribution in [3.63, 3.8) is 0 Å². The molecule has 8 nitrogen and oxygen atoms in total. The Kier molecular flexibility index (Phi) is 6.79. The number of carbonyl (C=O) groups is 2. The second kappa shape index (κ2) is 9.13. The van der Waals surface area contributed by atoms with Crippen molar-refractivity contribution in [2.75, 3.05) is 38.6 Å². The van der Waals surface area contributed by atoms with Crippen LogP contribution in [-0.2, 0) is 19.6 Å². The van der Waals surface area contributed by atoms with Crippen molar-refractivity contribution in [3.05, 3.63) is 24.3 Å². The highest BCUT2D eigenvalue weighted by atomic mass is 32.2. The average molecular weight is 424 g/mol. The second-order valence-electron chi connectivity index (χ2n) is 7.85. The molecule has 0 aromatic heterocycles. The van der Waals surface area contributed by atoms with Gasteiger partial charge in [-0.15, -0.1) is 0 Å². The van der Waals surface area contributed by atoms with Gasteiger partial charge in [0.1, 0.15) is 0 Å². The van der Waals surface area contributed by atoms with E-state index in [1.807, 2.05) is 4.90 Å². The number of rotatable bonds is 4. The topological polar surface area (TPSA) is 96.0 Å². The normalized spacial score (nSPS) is 21.6. The average Bonchev–Trinajstić information content (AvgIpc) is 2.74. The quantitative estimate of drug-likeness (QED) is 0.803. The fourth-order valence-electron chi connectivity index (χ4n) is 3.88. The highest BCUT2D eigenvalue weighted by Crippen LogP contribution is 2.27. The summed E-state index contributed by atoms with van der Waals surface area (Å²) >= 11 is 0. The number of hydrogen-bond acceptors (Lipinski definition) is 5. The minimum absolute atomic E-state index is 0.0782. The molecule has 160 valence electrons. The van der Waals surface area contributed by atoms with E-state index >= 15 is 0 Å². The SMILES string of the molecule is COC(=O)Nc1ccc(S(=O)(=O)N2CCC[C@@H](C(=O)N3CCC(C)CC3)C2)cc1. The molecule has 2 saturated heterocycles. The Hall–Kier alpha value is -2.13. The minimum Gasteiger partial charge on any atom is -0.453 e. The summed E-state index contributed by atoms with van der Waals surface area (Å²) < 4.78 is 32.0. The van der Waals surface area contributed by atoms with E-state index in [-0.39, 0.29) is 23.3 Å². The molecule has 2 amide bonds. The first-order chi connectivity index (χ1) is 13.8. The highest BCUT2D eigenvalue weighted by molar-refractivity contribution is 7.89. The van der Waals surface area contributed by atoms with Gasteiger partial charge in [0.15, 0.2) is 0 Å². The lowest BCUT2D eigenvalue weighted by molar-refractivity contribution is -0.138. The van der Waals surface area contributed by atoms with Crippen LogP contribution in [0.1, 0.15) is 32.6 Å². The zero-order valence-corrected chi connectivity index (χ0v) is 17.8. The predicted molar refractivity (Wildman–Crippen MR) is 109 cm³/mol. The number of methoxy groups -OCH3 is 1. The van der Waals surface area contributed by atoms with Crippen LogP contribution in [0.3, 0.4) is 0 Å². The molecule has 0 bridgehead atoms. The Morgan fingerprint density at radius 2 is 1.72 bits per heavy atom. The summed E-state index contributed by atoms with van der Waals surface area (Å²) in [6.07, 6.45) is 2.78. The summed E-state index contributed by atoms with van der Waals surface area (Å²) in [5.41, 5.74) is 0.446. The molecule has 0 unspecified atom stereocenters. The maximum atomic E-state index is 13.1. The van der Waals surface area contributed by atoms with Crippen LogP contribution in [-0.4, -0.2) is 62.9 Å². The number of amides is 2. The molecular weight excluding hydrogens is 394 g/mol. The third kappa shape index (κ3) is 5.08. The van der Waals surface area contributed by atoms with Crippen molar-refractivity contribution in [2.45, 2.75) is 37.5 Å². The maximum absolute atomic E-state index is 13.1. The molecule has 1 N–H and O–H groups in total. The van der Waals surface area contributed by atoms with E-state index in [0.717, 1.165) is 32.4 Å². The van der Waals surface area contributed by atoms with Gasteiger partial charge in [0.05, 0.1) is 17.9 Å². The fraction of sp³-hybridized carbons (Fsp3) is 0.600. The molecule has 2 aliphatic rings. The number of nitrogens with zero attached hydrogens (tertiary/aromatic N) is 2. The summed E-state index contributed by atoms with van der Waals surface area (Å²) in [6, 6.07) is 5.95. The number of carbonyl (C=O) groups excluding carboxylic acids is 2. The number of piperidine rings is 2. The molecule has 9 heteroatoms. The smallest absolute Gasteiger partial charge is 0.411 e. The predicted octanol–water partition coefficient (Wildman–Crippen LogP) is 2.52. The summed E-state index contributed by atoms with van der Waals surface area (Å²) in [5.74, 6) is 0.431. The first-order valence-electron chi connectivity index (χ1n) is 10.0. The Morgan fingerprint density at radius 1 is 1.07 bits per heavy atom. The van der Waals surface area contributed by atoms with Crippen molar-refractivity contribution in [2.24, 2.45) is 11.8 Å².